The summed E-state index contributed by atoms with van der Waals surface area (Å²) in [4.78, 5) is 20.5. The van der Waals surface area contributed by atoms with E-state index in [9.17, 15) is 4.79 Å². The standard InChI is InChI=1S/C5H11NO2.C2H4O/c1-4(5(7)8)6(2)3;1-2-3/h4H,1-3H3,(H,7,8);2H,1H3. The van der Waals surface area contributed by atoms with Gasteiger partial charge in [0.2, 0.25) is 0 Å². The van der Waals surface area contributed by atoms with Gasteiger partial charge < -0.3 is 9.90 Å². The molecule has 0 spiro atoms. The molecule has 0 amide bonds. The average Bonchev–Trinajstić information content (AvgIpc) is 1.87. The number of nitrogens with zero attached hydrogens (tertiary/aromatic N) is 1. The highest BCUT2D eigenvalue weighted by Crippen LogP contribution is 1.88. The largest absolute Gasteiger partial charge is 0.480 e. The summed E-state index contributed by atoms with van der Waals surface area (Å²) in [5.41, 5.74) is 0. The molecular weight excluding hydrogens is 146 g/mol. The molecule has 0 aromatic carbocycles. The maximum absolute atomic E-state index is 10.1. The lowest BCUT2D eigenvalue weighted by molar-refractivity contribution is -0.141. The highest BCUT2D eigenvalue weighted by molar-refractivity contribution is 5.72. The highest BCUT2D eigenvalue weighted by atomic mass is 16.4. The summed E-state index contributed by atoms with van der Waals surface area (Å²) in [6.07, 6.45) is 0.750. The molecule has 0 radical (unpaired) electrons. The van der Waals surface area contributed by atoms with Crippen molar-refractivity contribution in [2.75, 3.05) is 14.1 Å². The van der Waals surface area contributed by atoms with Crippen molar-refractivity contribution in [1.29, 1.82) is 0 Å². The van der Waals surface area contributed by atoms with Gasteiger partial charge in [0, 0.05) is 0 Å². The first kappa shape index (κ1) is 12.7. The van der Waals surface area contributed by atoms with E-state index in [4.69, 9.17) is 9.90 Å². The molecule has 0 saturated carbocycles. The fraction of sp³-hybridized carbons (Fsp3) is 0.714. The van der Waals surface area contributed by atoms with Crippen molar-refractivity contribution in [2.24, 2.45) is 0 Å². The number of carbonyl (C=O) groups excluding carboxylic acids is 1. The number of carbonyl (C=O) groups is 2. The van der Waals surface area contributed by atoms with E-state index in [0.29, 0.717) is 0 Å². The number of rotatable bonds is 2. The molecule has 0 aromatic rings. The van der Waals surface area contributed by atoms with Crippen molar-refractivity contribution in [3.63, 3.8) is 0 Å². The molecular formula is C7H15NO3. The minimum absolute atomic E-state index is 0.380. The van der Waals surface area contributed by atoms with E-state index in [1.807, 2.05) is 0 Å². The van der Waals surface area contributed by atoms with Gasteiger partial charge in [-0.1, -0.05) is 0 Å². The van der Waals surface area contributed by atoms with Gasteiger partial charge in [-0.15, -0.1) is 0 Å². The summed E-state index contributed by atoms with van der Waals surface area (Å²) in [7, 11) is 3.47. The van der Waals surface area contributed by atoms with E-state index >= 15 is 0 Å². The first-order valence-electron chi connectivity index (χ1n) is 3.26. The molecule has 66 valence electrons. The Morgan fingerprint density at radius 1 is 1.55 bits per heavy atom. The van der Waals surface area contributed by atoms with Crippen molar-refractivity contribution < 1.29 is 14.7 Å². The third-order valence-corrected chi connectivity index (χ3v) is 1.13. The van der Waals surface area contributed by atoms with Crippen molar-refractivity contribution in [2.45, 2.75) is 19.9 Å². The summed E-state index contributed by atoms with van der Waals surface area (Å²) in [6.45, 7) is 3.09. The molecule has 4 nitrogen and oxygen atoms in total. The summed E-state index contributed by atoms with van der Waals surface area (Å²) in [5.74, 6) is -0.782. The number of hydrogen-bond donors (Lipinski definition) is 1. The Kier molecular flexibility index (Phi) is 8.36. The van der Waals surface area contributed by atoms with Crippen LogP contribution in [0.25, 0.3) is 0 Å². The quantitative estimate of drug-likeness (QED) is 0.589. The smallest absolute Gasteiger partial charge is 0.320 e. The predicted octanol–water partition coefficient (Wildman–Crippen LogP) is 0.226. The lowest BCUT2D eigenvalue weighted by Gasteiger charge is -2.13. The maximum atomic E-state index is 10.1. The van der Waals surface area contributed by atoms with Gasteiger partial charge in [-0.2, -0.15) is 0 Å². The van der Waals surface area contributed by atoms with Crippen LogP contribution in [0.3, 0.4) is 0 Å². The van der Waals surface area contributed by atoms with Gasteiger partial charge in [-0.25, -0.2) is 0 Å². The molecule has 1 atom stereocenters. The van der Waals surface area contributed by atoms with Gasteiger partial charge in [-0.3, -0.25) is 9.69 Å². The number of aldehydes is 1. The summed E-state index contributed by atoms with van der Waals surface area (Å²) >= 11 is 0. The molecule has 1 unspecified atom stereocenters. The number of carboxylic acid groups (broad SMARTS) is 1. The fourth-order valence-corrected chi connectivity index (χ4v) is 0.221. The van der Waals surface area contributed by atoms with Gasteiger partial charge >= 0.3 is 5.97 Å². The minimum Gasteiger partial charge on any atom is -0.480 e. The third kappa shape index (κ3) is 9.10. The van der Waals surface area contributed by atoms with Gasteiger partial charge in [0.25, 0.3) is 0 Å². The van der Waals surface area contributed by atoms with Crippen LogP contribution in [-0.4, -0.2) is 42.4 Å². The summed E-state index contributed by atoms with van der Waals surface area (Å²) < 4.78 is 0. The first-order valence-corrected chi connectivity index (χ1v) is 3.26. The van der Waals surface area contributed by atoms with E-state index < -0.39 is 5.97 Å². The second-order valence-electron chi connectivity index (χ2n) is 2.21. The van der Waals surface area contributed by atoms with Gasteiger partial charge in [0.05, 0.1) is 0 Å². The Hall–Kier alpha value is -0.900. The van der Waals surface area contributed by atoms with Crippen molar-refractivity contribution in [3.8, 4) is 0 Å². The molecule has 0 aromatic heterocycles. The molecule has 11 heavy (non-hydrogen) atoms. The van der Waals surface area contributed by atoms with Crippen molar-refractivity contribution in [3.05, 3.63) is 0 Å². The molecule has 0 aliphatic heterocycles. The minimum atomic E-state index is -0.782. The molecule has 0 fully saturated rings. The van der Waals surface area contributed by atoms with Gasteiger partial charge in [0.15, 0.2) is 0 Å². The Balaban J connectivity index is 0. The van der Waals surface area contributed by atoms with E-state index in [-0.39, 0.29) is 6.04 Å². The van der Waals surface area contributed by atoms with E-state index in [2.05, 4.69) is 0 Å². The monoisotopic (exact) mass is 161 g/mol. The lowest BCUT2D eigenvalue weighted by atomic mass is 10.3. The van der Waals surface area contributed by atoms with Crippen LogP contribution in [0.15, 0.2) is 0 Å². The first-order chi connectivity index (χ1) is 4.97. The molecule has 1 N–H and O–H groups in total. The van der Waals surface area contributed by atoms with Gasteiger partial charge in [0.1, 0.15) is 12.3 Å². The molecule has 0 saturated heterocycles. The van der Waals surface area contributed by atoms with Crippen LogP contribution >= 0.6 is 0 Å². The van der Waals surface area contributed by atoms with Crippen molar-refractivity contribution >= 4 is 12.3 Å². The van der Waals surface area contributed by atoms with Gasteiger partial charge in [-0.05, 0) is 27.9 Å². The van der Waals surface area contributed by atoms with Crippen LogP contribution in [-0.2, 0) is 9.59 Å². The second-order valence-corrected chi connectivity index (χ2v) is 2.21. The third-order valence-electron chi connectivity index (χ3n) is 1.13. The van der Waals surface area contributed by atoms with E-state index in [1.54, 1.807) is 25.9 Å². The summed E-state index contributed by atoms with van der Waals surface area (Å²) in [6, 6.07) is -0.380. The molecule has 0 aliphatic carbocycles. The number of carboxylic acids is 1. The molecule has 0 bridgehead atoms. The molecule has 0 heterocycles. The SMILES string of the molecule is CC(C(=O)O)N(C)C.CC=O. The molecule has 4 heteroatoms. The van der Waals surface area contributed by atoms with Crippen LogP contribution in [0.4, 0.5) is 0 Å². The van der Waals surface area contributed by atoms with E-state index in [0.717, 1.165) is 6.29 Å². The topological polar surface area (TPSA) is 57.6 Å². The van der Waals surface area contributed by atoms with Crippen LogP contribution in [0.5, 0.6) is 0 Å². The zero-order valence-corrected chi connectivity index (χ0v) is 7.37. The number of likely N-dealkylation sites (N-methyl/N-ethyl adjacent to an activating group) is 1. The zero-order chi connectivity index (χ0) is 9.44. The average molecular weight is 161 g/mol. The highest BCUT2D eigenvalue weighted by Gasteiger charge is 2.11. The Morgan fingerprint density at radius 2 is 1.82 bits per heavy atom. The number of hydrogen-bond acceptors (Lipinski definition) is 3. The fourth-order valence-electron chi connectivity index (χ4n) is 0.221. The van der Waals surface area contributed by atoms with Crippen LogP contribution in [0, 0.1) is 0 Å². The second kappa shape index (κ2) is 7.21. The van der Waals surface area contributed by atoms with Crippen molar-refractivity contribution in [1.82, 2.24) is 4.90 Å². The normalized spacial score (nSPS) is 11.4. The Labute approximate surface area is 66.8 Å². The zero-order valence-electron chi connectivity index (χ0n) is 7.37. The maximum Gasteiger partial charge on any atom is 0.320 e. The summed E-state index contributed by atoms with van der Waals surface area (Å²) in [5, 5.41) is 8.31. The molecule has 0 rings (SSSR count). The Morgan fingerprint density at radius 3 is 1.82 bits per heavy atom. The molecule has 0 aliphatic rings. The van der Waals surface area contributed by atoms with Crippen LogP contribution in [0.1, 0.15) is 13.8 Å². The van der Waals surface area contributed by atoms with Crippen LogP contribution in [0.2, 0.25) is 0 Å². The Bertz CT molecular complexity index is 123. The lowest BCUT2D eigenvalue weighted by Crippen LogP contribution is -2.32. The van der Waals surface area contributed by atoms with E-state index in [1.165, 1.54) is 6.92 Å². The number of aliphatic carboxylic acids is 1. The van der Waals surface area contributed by atoms with Crippen LogP contribution < -0.4 is 0 Å². The predicted molar refractivity (Wildman–Crippen MR) is 42.5 cm³/mol.